The molecule has 0 bridgehead atoms. The van der Waals surface area contributed by atoms with Crippen LogP contribution in [0.1, 0.15) is 41.5 Å². The van der Waals surface area contributed by atoms with Gasteiger partial charge in [0.25, 0.3) is 0 Å². The van der Waals surface area contributed by atoms with Crippen molar-refractivity contribution in [1.29, 1.82) is 0 Å². The molecule has 0 saturated heterocycles. The maximum absolute atomic E-state index is 12.8. The molecule has 1 N–H and O–H groups in total. The second-order valence-electron chi connectivity index (χ2n) is 7.41. The van der Waals surface area contributed by atoms with Gasteiger partial charge in [0.15, 0.2) is 11.6 Å². The zero-order chi connectivity index (χ0) is 15.8. The highest BCUT2D eigenvalue weighted by Gasteiger charge is 2.34. The Kier molecular flexibility index (Phi) is 3.74. The van der Waals surface area contributed by atoms with Crippen molar-refractivity contribution in [2.45, 2.75) is 41.5 Å². The number of allylic oxidation sites excluding steroid dienone is 4. The Hall–Kier alpha value is -1.97. The van der Waals surface area contributed by atoms with Crippen molar-refractivity contribution in [2.24, 2.45) is 15.8 Å². The molecule has 1 aliphatic rings. The van der Waals surface area contributed by atoms with Crippen LogP contribution in [0, 0.1) is 10.8 Å². The van der Waals surface area contributed by atoms with Crippen LogP contribution in [0.25, 0.3) is 0 Å². The summed E-state index contributed by atoms with van der Waals surface area (Å²) < 4.78 is 0. The molecular weight excluding hydrogens is 262 g/mol. The lowest BCUT2D eigenvalue weighted by Gasteiger charge is -2.30. The van der Waals surface area contributed by atoms with E-state index in [1.807, 2.05) is 12.2 Å². The summed E-state index contributed by atoms with van der Waals surface area (Å²) in [6.45, 7) is 12.3. The third kappa shape index (κ3) is 3.38. The van der Waals surface area contributed by atoms with Crippen LogP contribution in [0.15, 0.2) is 40.6 Å². The fourth-order valence-corrected chi connectivity index (χ4v) is 2.24. The lowest BCUT2D eigenvalue weighted by Crippen LogP contribution is -2.29. The molecule has 1 aromatic heterocycles. The van der Waals surface area contributed by atoms with Crippen molar-refractivity contribution in [2.75, 3.05) is 0 Å². The molecular formula is C17H23N3O. The molecule has 21 heavy (non-hydrogen) atoms. The highest BCUT2D eigenvalue weighted by atomic mass is 16.1. The minimum Gasteiger partial charge on any atom is -0.289 e. The number of aliphatic imine (C=N–C) groups is 1. The van der Waals surface area contributed by atoms with Crippen LogP contribution >= 0.6 is 0 Å². The van der Waals surface area contributed by atoms with Gasteiger partial charge in [0.1, 0.15) is 0 Å². The number of nitrogens with zero attached hydrogens (tertiary/aromatic N) is 2. The lowest BCUT2D eigenvalue weighted by molar-refractivity contribution is -0.114. The summed E-state index contributed by atoms with van der Waals surface area (Å²) >= 11 is 0. The molecule has 0 radical (unpaired) electrons. The van der Waals surface area contributed by atoms with Gasteiger partial charge in [-0.25, -0.2) is 4.99 Å². The number of Topliss-reactive ketones (excluding diaryl/α,β-unsaturated/α-hetero) is 1. The molecule has 0 amide bonds. The van der Waals surface area contributed by atoms with Crippen molar-refractivity contribution >= 4 is 17.3 Å². The first-order chi connectivity index (χ1) is 9.59. The van der Waals surface area contributed by atoms with E-state index in [0.29, 0.717) is 5.82 Å². The molecule has 0 atom stereocenters. The van der Waals surface area contributed by atoms with Crippen molar-refractivity contribution in [3.8, 4) is 0 Å². The van der Waals surface area contributed by atoms with Gasteiger partial charge in [-0.2, -0.15) is 5.10 Å². The van der Waals surface area contributed by atoms with E-state index in [-0.39, 0.29) is 16.6 Å². The van der Waals surface area contributed by atoms with Crippen molar-refractivity contribution in [1.82, 2.24) is 10.2 Å². The molecule has 0 spiro atoms. The fraction of sp³-hybridized carbons (Fsp3) is 0.471. The molecule has 0 unspecified atom stereocenters. The Morgan fingerprint density at radius 1 is 1.00 bits per heavy atom. The molecule has 4 heteroatoms. The summed E-state index contributed by atoms with van der Waals surface area (Å²) in [6.07, 6.45) is 5.49. The van der Waals surface area contributed by atoms with Gasteiger partial charge in [0.05, 0.1) is 5.71 Å². The normalized spacial score (nSPS) is 16.7. The van der Waals surface area contributed by atoms with E-state index < -0.39 is 0 Å². The number of H-pyrrole nitrogens is 1. The van der Waals surface area contributed by atoms with E-state index in [2.05, 4.69) is 56.7 Å². The van der Waals surface area contributed by atoms with Crippen molar-refractivity contribution in [3.05, 3.63) is 35.6 Å². The number of rotatable bonds is 1. The molecule has 1 aliphatic carbocycles. The van der Waals surface area contributed by atoms with Crippen LogP contribution in [0.3, 0.4) is 0 Å². The van der Waals surface area contributed by atoms with Gasteiger partial charge >= 0.3 is 0 Å². The van der Waals surface area contributed by atoms with E-state index in [1.165, 1.54) is 0 Å². The number of aromatic nitrogens is 2. The second-order valence-corrected chi connectivity index (χ2v) is 7.41. The Labute approximate surface area is 126 Å². The van der Waals surface area contributed by atoms with Gasteiger partial charge in [-0.15, -0.1) is 0 Å². The topological polar surface area (TPSA) is 58.1 Å². The molecule has 2 rings (SSSR count). The van der Waals surface area contributed by atoms with Crippen LogP contribution in [-0.2, 0) is 4.79 Å². The van der Waals surface area contributed by atoms with Gasteiger partial charge in [0.2, 0.25) is 0 Å². The maximum atomic E-state index is 12.8. The first-order valence-corrected chi connectivity index (χ1v) is 7.16. The highest BCUT2D eigenvalue weighted by Crippen LogP contribution is 2.37. The molecule has 0 fully saturated rings. The SMILES string of the molecule is CC(C)(C)C1=CC(=Nc2cc[nH]n2)C=C(C(C)(C)C)C1=O. The van der Waals surface area contributed by atoms with Crippen LogP contribution < -0.4 is 0 Å². The molecule has 0 aromatic carbocycles. The van der Waals surface area contributed by atoms with Crippen LogP contribution in [0.2, 0.25) is 0 Å². The first kappa shape index (κ1) is 15.4. The number of nitrogens with one attached hydrogen (secondary N) is 1. The van der Waals surface area contributed by atoms with E-state index in [0.717, 1.165) is 16.9 Å². The molecule has 0 saturated carbocycles. The van der Waals surface area contributed by atoms with Gasteiger partial charge in [0, 0.05) is 23.4 Å². The van der Waals surface area contributed by atoms with E-state index >= 15 is 0 Å². The van der Waals surface area contributed by atoms with Crippen LogP contribution in [0.4, 0.5) is 5.82 Å². The highest BCUT2D eigenvalue weighted by molar-refractivity contribution is 6.23. The largest absolute Gasteiger partial charge is 0.289 e. The number of hydrogen-bond donors (Lipinski definition) is 1. The minimum atomic E-state index is -0.214. The Morgan fingerprint density at radius 3 is 1.90 bits per heavy atom. The third-order valence-corrected chi connectivity index (χ3v) is 3.42. The lowest BCUT2D eigenvalue weighted by atomic mass is 9.72. The molecule has 0 aliphatic heterocycles. The number of carbonyl (C=O) groups excluding carboxylic acids is 1. The summed E-state index contributed by atoms with van der Waals surface area (Å²) in [7, 11) is 0. The maximum Gasteiger partial charge on any atom is 0.186 e. The van der Waals surface area contributed by atoms with Crippen molar-refractivity contribution in [3.63, 3.8) is 0 Å². The summed E-state index contributed by atoms with van der Waals surface area (Å²) in [5.41, 5.74) is 1.94. The average Bonchev–Trinajstić information content (AvgIpc) is 2.81. The summed E-state index contributed by atoms with van der Waals surface area (Å²) in [6, 6.07) is 1.80. The van der Waals surface area contributed by atoms with Gasteiger partial charge in [-0.05, 0) is 23.0 Å². The molecule has 1 aromatic rings. The number of aromatic amines is 1. The van der Waals surface area contributed by atoms with Gasteiger partial charge in [-0.3, -0.25) is 9.89 Å². The summed E-state index contributed by atoms with van der Waals surface area (Å²) in [5, 5.41) is 6.79. The minimum absolute atomic E-state index is 0.121. The van der Waals surface area contributed by atoms with Crippen LogP contribution in [0.5, 0.6) is 0 Å². The summed E-state index contributed by atoms with van der Waals surface area (Å²) in [4.78, 5) is 17.3. The second kappa shape index (κ2) is 5.10. The van der Waals surface area contributed by atoms with E-state index in [9.17, 15) is 4.79 Å². The monoisotopic (exact) mass is 285 g/mol. The quantitative estimate of drug-likeness (QED) is 0.792. The Morgan fingerprint density at radius 2 is 1.52 bits per heavy atom. The average molecular weight is 285 g/mol. The Bertz CT molecular complexity index is 597. The summed E-state index contributed by atoms with van der Waals surface area (Å²) in [5.74, 6) is 0.740. The zero-order valence-electron chi connectivity index (χ0n) is 13.6. The predicted octanol–water partition coefficient (Wildman–Crippen LogP) is 4.01. The molecule has 1 heterocycles. The zero-order valence-corrected chi connectivity index (χ0v) is 13.6. The van der Waals surface area contributed by atoms with E-state index in [4.69, 9.17) is 0 Å². The standard InChI is InChI=1S/C17H23N3O/c1-16(2,3)12-9-11(19-14-7-8-18-20-14)10-13(15(12)21)17(4,5)6/h7-10H,1-6H3,(H,18,20). The van der Waals surface area contributed by atoms with E-state index in [1.54, 1.807) is 12.3 Å². The predicted molar refractivity (Wildman–Crippen MR) is 85.8 cm³/mol. The smallest absolute Gasteiger partial charge is 0.186 e. The first-order valence-electron chi connectivity index (χ1n) is 7.16. The molecule has 4 nitrogen and oxygen atoms in total. The Balaban J connectivity index is 2.55. The van der Waals surface area contributed by atoms with Crippen LogP contribution in [-0.4, -0.2) is 21.7 Å². The molecule has 112 valence electrons. The van der Waals surface area contributed by atoms with Gasteiger partial charge < -0.3 is 0 Å². The van der Waals surface area contributed by atoms with Crippen molar-refractivity contribution < 1.29 is 4.79 Å². The van der Waals surface area contributed by atoms with Gasteiger partial charge in [-0.1, -0.05) is 41.5 Å². The number of hydrogen-bond acceptors (Lipinski definition) is 3. The number of carbonyl (C=O) groups is 1. The number of ketones is 1. The third-order valence-electron chi connectivity index (χ3n) is 3.42. The fourth-order valence-electron chi connectivity index (χ4n) is 2.24.